The van der Waals surface area contributed by atoms with Crippen LogP contribution in [0.2, 0.25) is 0 Å². The van der Waals surface area contributed by atoms with Gasteiger partial charge in [-0.2, -0.15) is 0 Å². The molecule has 0 aromatic heterocycles. The van der Waals surface area contributed by atoms with Gasteiger partial charge in [-0.3, -0.25) is 0 Å². The maximum atomic E-state index is 13.7. The normalized spacial score (nSPS) is 12.4. The maximum absolute atomic E-state index is 13.7. The lowest BCUT2D eigenvalue weighted by atomic mass is 10.1. The van der Waals surface area contributed by atoms with Crippen LogP contribution < -0.4 is 10.5 Å². The van der Waals surface area contributed by atoms with Crippen molar-refractivity contribution in [2.75, 3.05) is 46.8 Å². The molecule has 0 aliphatic carbocycles. The van der Waals surface area contributed by atoms with Crippen LogP contribution in [0.5, 0.6) is 5.75 Å². The molecule has 0 aliphatic rings. The van der Waals surface area contributed by atoms with Gasteiger partial charge in [-0.05, 0) is 24.6 Å². The first-order chi connectivity index (χ1) is 10.1. The average molecular weight is 301 g/mol. The topological polar surface area (TPSA) is 62.9 Å². The first-order valence-electron chi connectivity index (χ1n) is 6.97. The van der Waals surface area contributed by atoms with E-state index >= 15 is 0 Å². The molecule has 0 unspecified atom stereocenters. The zero-order valence-corrected chi connectivity index (χ0v) is 12.6. The summed E-state index contributed by atoms with van der Waals surface area (Å²) in [7, 11) is 1.62. The Hall–Kier alpha value is -1.21. The van der Waals surface area contributed by atoms with Crippen LogP contribution in [0.4, 0.5) is 4.39 Å². The van der Waals surface area contributed by atoms with E-state index in [1.807, 2.05) is 0 Å². The number of benzene rings is 1. The predicted octanol–water partition coefficient (Wildman–Crippen LogP) is 1.90. The van der Waals surface area contributed by atoms with Crippen molar-refractivity contribution in [3.63, 3.8) is 0 Å². The molecule has 1 aromatic rings. The standard InChI is InChI=1S/C15H24FNO4/c1-12(17)13-3-4-15(14(16)11-13)21-10-9-20-8-7-19-6-5-18-2/h3-4,11-12H,5-10,17H2,1-2H3/t12-/m1/s1. The van der Waals surface area contributed by atoms with Gasteiger partial charge in [-0.25, -0.2) is 4.39 Å². The highest BCUT2D eigenvalue weighted by Gasteiger charge is 2.07. The number of nitrogens with two attached hydrogens (primary N) is 1. The first kappa shape index (κ1) is 17.8. The molecule has 0 heterocycles. The number of hydrogen-bond donors (Lipinski definition) is 1. The van der Waals surface area contributed by atoms with Gasteiger partial charge in [0.15, 0.2) is 11.6 Å². The largest absolute Gasteiger partial charge is 0.488 e. The van der Waals surface area contributed by atoms with Gasteiger partial charge >= 0.3 is 0 Å². The summed E-state index contributed by atoms with van der Waals surface area (Å²) in [6.07, 6.45) is 0. The lowest BCUT2D eigenvalue weighted by Crippen LogP contribution is -2.13. The zero-order chi connectivity index (χ0) is 15.5. The van der Waals surface area contributed by atoms with E-state index in [-0.39, 0.29) is 18.4 Å². The maximum Gasteiger partial charge on any atom is 0.165 e. The first-order valence-corrected chi connectivity index (χ1v) is 6.97. The van der Waals surface area contributed by atoms with E-state index in [2.05, 4.69) is 0 Å². The third-order valence-corrected chi connectivity index (χ3v) is 2.77. The molecule has 6 heteroatoms. The molecule has 5 nitrogen and oxygen atoms in total. The molecule has 0 radical (unpaired) electrons. The smallest absolute Gasteiger partial charge is 0.165 e. The fourth-order valence-electron chi connectivity index (χ4n) is 1.59. The zero-order valence-electron chi connectivity index (χ0n) is 12.6. The Bertz CT molecular complexity index is 401. The Labute approximate surface area is 125 Å². The SMILES string of the molecule is COCCOCCOCCOc1ccc([C@@H](C)N)cc1F. The highest BCUT2D eigenvalue weighted by atomic mass is 19.1. The quantitative estimate of drug-likeness (QED) is 0.633. The van der Waals surface area contributed by atoms with Crippen molar-refractivity contribution in [1.82, 2.24) is 0 Å². The molecule has 1 rings (SSSR count). The molecule has 0 saturated heterocycles. The molecule has 0 saturated carbocycles. The summed E-state index contributed by atoms with van der Waals surface area (Å²) in [5, 5.41) is 0. The number of ether oxygens (including phenoxy) is 4. The minimum atomic E-state index is -0.410. The molecule has 0 aliphatic heterocycles. The Balaban J connectivity index is 2.13. The van der Waals surface area contributed by atoms with E-state index < -0.39 is 5.82 Å². The van der Waals surface area contributed by atoms with Crippen molar-refractivity contribution >= 4 is 0 Å². The molecule has 0 spiro atoms. The van der Waals surface area contributed by atoms with Crippen LogP contribution in [0.15, 0.2) is 18.2 Å². The van der Waals surface area contributed by atoms with Crippen molar-refractivity contribution in [3.8, 4) is 5.75 Å². The summed E-state index contributed by atoms with van der Waals surface area (Å²) >= 11 is 0. The van der Waals surface area contributed by atoms with Crippen LogP contribution in [-0.4, -0.2) is 46.8 Å². The molecule has 1 atom stereocenters. The highest BCUT2D eigenvalue weighted by molar-refractivity contribution is 5.30. The molecule has 0 amide bonds. The van der Waals surface area contributed by atoms with E-state index in [1.54, 1.807) is 26.2 Å². The van der Waals surface area contributed by atoms with Crippen molar-refractivity contribution < 1.29 is 23.3 Å². The summed E-state index contributed by atoms with van der Waals surface area (Å²) in [5.74, 6) is -0.202. The van der Waals surface area contributed by atoms with Gasteiger partial charge in [0.1, 0.15) is 6.61 Å². The van der Waals surface area contributed by atoms with Gasteiger partial charge in [0.25, 0.3) is 0 Å². The van der Waals surface area contributed by atoms with Gasteiger partial charge < -0.3 is 24.7 Å². The van der Waals surface area contributed by atoms with Crippen molar-refractivity contribution in [1.29, 1.82) is 0 Å². The Morgan fingerprint density at radius 2 is 1.67 bits per heavy atom. The van der Waals surface area contributed by atoms with E-state index in [0.29, 0.717) is 33.0 Å². The molecule has 2 N–H and O–H groups in total. The summed E-state index contributed by atoms with van der Waals surface area (Å²) in [4.78, 5) is 0. The van der Waals surface area contributed by atoms with E-state index in [1.165, 1.54) is 6.07 Å². The van der Waals surface area contributed by atoms with E-state index in [9.17, 15) is 4.39 Å². The molecule has 120 valence electrons. The summed E-state index contributed by atoms with van der Waals surface area (Å²) in [6, 6.07) is 4.54. The predicted molar refractivity (Wildman–Crippen MR) is 78.0 cm³/mol. The van der Waals surface area contributed by atoms with Crippen molar-refractivity contribution in [2.45, 2.75) is 13.0 Å². The van der Waals surface area contributed by atoms with Crippen LogP contribution in [0, 0.1) is 5.82 Å². The molecular weight excluding hydrogens is 277 g/mol. The fraction of sp³-hybridized carbons (Fsp3) is 0.600. The van der Waals surface area contributed by atoms with Gasteiger partial charge in [0.05, 0.1) is 33.0 Å². The van der Waals surface area contributed by atoms with Crippen LogP contribution in [0.3, 0.4) is 0 Å². The number of halogens is 1. The van der Waals surface area contributed by atoms with Crippen molar-refractivity contribution in [3.05, 3.63) is 29.6 Å². The highest BCUT2D eigenvalue weighted by Crippen LogP contribution is 2.20. The van der Waals surface area contributed by atoms with Crippen LogP contribution in [-0.2, 0) is 14.2 Å². The lowest BCUT2D eigenvalue weighted by Gasteiger charge is -2.11. The summed E-state index contributed by atoms with van der Waals surface area (Å²) in [6.45, 7) is 4.56. The Morgan fingerprint density at radius 1 is 1.05 bits per heavy atom. The van der Waals surface area contributed by atoms with Gasteiger partial charge in [0, 0.05) is 13.2 Å². The van der Waals surface area contributed by atoms with Crippen LogP contribution in [0.25, 0.3) is 0 Å². The fourth-order valence-corrected chi connectivity index (χ4v) is 1.59. The van der Waals surface area contributed by atoms with E-state index in [4.69, 9.17) is 24.7 Å². The second-order valence-corrected chi connectivity index (χ2v) is 4.54. The minimum absolute atomic E-state index is 0.199. The second kappa shape index (κ2) is 10.5. The monoisotopic (exact) mass is 301 g/mol. The third-order valence-electron chi connectivity index (χ3n) is 2.77. The third kappa shape index (κ3) is 7.38. The summed E-state index contributed by atoms with van der Waals surface area (Å²) < 4.78 is 34.4. The number of rotatable bonds is 11. The lowest BCUT2D eigenvalue weighted by molar-refractivity contribution is 0.0177. The van der Waals surface area contributed by atoms with Gasteiger partial charge in [-0.15, -0.1) is 0 Å². The summed E-state index contributed by atoms with van der Waals surface area (Å²) in [5.41, 5.74) is 6.42. The van der Waals surface area contributed by atoms with Gasteiger partial charge in [-0.1, -0.05) is 6.07 Å². The van der Waals surface area contributed by atoms with Crippen LogP contribution >= 0.6 is 0 Å². The molecular formula is C15H24FNO4. The minimum Gasteiger partial charge on any atom is -0.488 e. The van der Waals surface area contributed by atoms with Gasteiger partial charge in [0.2, 0.25) is 0 Å². The molecule has 21 heavy (non-hydrogen) atoms. The number of hydrogen-bond acceptors (Lipinski definition) is 5. The molecule has 1 aromatic carbocycles. The van der Waals surface area contributed by atoms with E-state index in [0.717, 1.165) is 5.56 Å². The van der Waals surface area contributed by atoms with Crippen LogP contribution in [0.1, 0.15) is 18.5 Å². The Kier molecular flexibility index (Phi) is 8.93. The van der Waals surface area contributed by atoms with Crippen molar-refractivity contribution in [2.24, 2.45) is 5.73 Å². The second-order valence-electron chi connectivity index (χ2n) is 4.54. The number of methoxy groups -OCH3 is 1. The molecule has 0 fully saturated rings. The molecule has 0 bridgehead atoms. The average Bonchev–Trinajstić information content (AvgIpc) is 2.46. The Morgan fingerprint density at radius 3 is 2.24 bits per heavy atom.